The maximum absolute atomic E-state index is 12.9. The second kappa shape index (κ2) is 6.39. The molecule has 6 heteroatoms. The molecule has 2 aromatic carbocycles. The molecule has 3 rings (SSSR count). The molecule has 0 atom stereocenters. The molecule has 0 aliphatic rings. The number of hydrogen-bond donors (Lipinski definition) is 1. The van der Waals surface area contributed by atoms with Gasteiger partial charge in [-0.25, -0.2) is 14.1 Å². The average molecular weight is 310 g/mol. The third kappa shape index (κ3) is 3.60. The lowest BCUT2D eigenvalue weighted by molar-refractivity contribution is 0.102. The molecule has 23 heavy (non-hydrogen) atoms. The average Bonchev–Trinajstić information content (AvgIpc) is 2.97. The normalized spacial score (nSPS) is 10.5. The summed E-state index contributed by atoms with van der Waals surface area (Å²) >= 11 is 0. The minimum atomic E-state index is -0.387. The Labute approximate surface area is 132 Å². The van der Waals surface area contributed by atoms with Crippen LogP contribution in [0, 0.1) is 12.7 Å². The first-order valence-electron chi connectivity index (χ1n) is 7.13. The number of nitrogens with one attached hydrogen (secondary N) is 1. The van der Waals surface area contributed by atoms with Crippen molar-refractivity contribution in [3.63, 3.8) is 0 Å². The quantitative estimate of drug-likeness (QED) is 0.806. The number of hydrogen-bond acceptors (Lipinski definition) is 3. The highest BCUT2D eigenvalue weighted by Crippen LogP contribution is 2.10. The van der Waals surface area contributed by atoms with E-state index in [9.17, 15) is 9.18 Å². The molecule has 1 heterocycles. The summed E-state index contributed by atoms with van der Waals surface area (Å²) < 4.78 is 14.5. The van der Waals surface area contributed by atoms with Crippen LogP contribution in [0.4, 0.5) is 10.3 Å². The van der Waals surface area contributed by atoms with Crippen molar-refractivity contribution in [2.24, 2.45) is 0 Å². The van der Waals surface area contributed by atoms with Crippen molar-refractivity contribution in [1.82, 2.24) is 14.8 Å². The summed E-state index contributed by atoms with van der Waals surface area (Å²) in [5.74, 6) is -0.547. The molecule has 0 unspecified atom stereocenters. The van der Waals surface area contributed by atoms with E-state index in [1.54, 1.807) is 11.0 Å². The molecule has 0 radical (unpaired) electrons. The number of halogens is 1. The van der Waals surface area contributed by atoms with Crippen LogP contribution in [0.15, 0.2) is 54.9 Å². The Morgan fingerprint density at radius 1 is 1.17 bits per heavy atom. The molecule has 0 bridgehead atoms. The number of rotatable bonds is 4. The van der Waals surface area contributed by atoms with Gasteiger partial charge in [-0.2, -0.15) is 0 Å². The third-order valence-corrected chi connectivity index (χ3v) is 3.46. The van der Waals surface area contributed by atoms with Crippen LogP contribution in [0.2, 0.25) is 0 Å². The highest BCUT2D eigenvalue weighted by molar-refractivity contribution is 6.03. The largest absolute Gasteiger partial charge is 0.289 e. The Balaban J connectivity index is 1.68. The summed E-state index contributed by atoms with van der Waals surface area (Å²) in [6.07, 6.45) is 1.56. The first-order chi connectivity index (χ1) is 11.1. The van der Waals surface area contributed by atoms with Crippen molar-refractivity contribution in [1.29, 1.82) is 0 Å². The van der Waals surface area contributed by atoms with Crippen LogP contribution in [0.5, 0.6) is 0 Å². The molecule has 1 aromatic heterocycles. The highest BCUT2D eigenvalue weighted by atomic mass is 19.1. The zero-order valence-electron chi connectivity index (χ0n) is 12.5. The maximum atomic E-state index is 12.9. The van der Waals surface area contributed by atoms with Crippen LogP contribution >= 0.6 is 0 Å². The van der Waals surface area contributed by atoms with Gasteiger partial charge in [-0.1, -0.05) is 24.3 Å². The fraction of sp³-hybridized carbons (Fsp3) is 0.118. The van der Waals surface area contributed by atoms with Gasteiger partial charge in [-0.15, -0.1) is 5.10 Å². The molecule has 1 amide bonds. The van der Waals surface area contributed by atoms with E-state index in [0.717, 1.165) is 5.56 Å². The van der Waals surface area contributed by atoms with Crippen molar-refractivity contribution < 1.29 is 9.18 Å². The number of carbonyl (C=O) groups excluding carboxylic acids is 1. The molecule has 5 nitrogen and oxygen atoms in total. The van der Waals surface area contributed by atoms with Crippen LogP contribution in [0.3, 0.4) is 0 Å². The molecule has 0 aliphatic carbocycles. The van der Waals surface area contributed by atoms with Gasteiger partial charge in [0.15, 0.2) is 0 Å². The van der Waals surface area contributed by atoms with Crippen molar-refractivity contribution >= 4 is 11.9 Å². The van der Waals surface area contributed by atoms with E-state index >= 15 is 0 Å². The van der Waals surface area contributed by atoms with Crippen molar-refractivity contribution in [3.8, 4) is 0 Å². The number of anilines is 1. The number of aryl methyl sites for hydroxylation is 1. The number of nitrogens with zero attached hydrogens (tertiary/aromatic N) is 3. The SMILES string of the molecule is Cc1ccccc1Cn1cnc(NC(=O)c2ccc(F)cc2)n1. The minimum Gasteiger partial charge on any atom is -0.289 e. The fourth-order valence-electron chi connectivity index (χ4n) is 2.17. The standard InChI is InChI=1S/C17H15FN4O/c1-12-4-2-3-5-14(12)10-22-11-19-17(21-22)20-16(23)13-6-8-15(18)9-7-13/h2-9,11H,10H2,1H3,(H,20,21,23). The predicted octanol–water partition coefficient (Wildman–Crippen LogP) is 3.03. The lowest BCUT2D eigenvalue weighted by atomic mass is 10.1. The summed E-state index contributed by atoms with van der Waals surface area (Å²) in [4.78, 5) is 16.1. The van der Waals surface area contributed by atoms with Crippen LogP contribution in [0.1, 0.15) is 21.5 Å². The van der Waals surface area contributed by atoms with Crippen molar-refractivity contribution in [2.75, 3.05) is 5.32 Å². The first-order valence-corrected chi connectivity index (χ1v) is 7.13. The summed E-state index contributed by atoms with van der Waals surface area (Å²) in [6.45, 7) is 2.61. The summed E-state index contributed by atoms with van der Waals surface area (Å²) in [5.41, 5.74) is 2.65. The topological polar surface area (TPSA) is 59.8 Å². The Bertz CT molecular complexity index is 827. The van der Waals surface area contributed by atoms with Gasteiger partial charge in [-0.05, 0) is 42.3 Å². The van der Waals surface area contributed by atoms with Gasteiger partial charge in [0.25, 0.3) is 5.91 Å². The molecule has 0 aliphatic heterocycles. The number of benzene rings is 2. The predicted molar refractivity (Wildman–Crippen MR) is 84.7 cm³/mol. The fourth-order valence-corrected chi connectivity index (χ4v) is 2.17. The molecule has 0 fully saturated rings. The molecule has 116 valence electrons. The van der Waals surface area contributed by atoms with Crippen LogP contribution in [-0.4, -0.2) is 20.7 Å². The summed E-state index contributed by atoms with van der Waals surface area (Å²) in [5, 5.41) is 6.82. The first kappa shape index (κ1) is 14.9. The van der Waals surface area contributed by atoms with E-state index < -0.39 is 0 Å². The van der Waals surface area contributed by atoms with E-state index in [1.165, 1.54) is 29.8 Å². The zero-order valence-corrected chi connectivity index (χ0v) is 12.5. The zero-order chi connectivity index (χ0) is 16.2. The lowest BCUT2D eigenvalue weighted by Crippen LogP contribution is -2.13. The third-order valence-electron chi connectivity index (χ3n) is 3.46. The van der Waals surface area contributed by atoms with E-state index in [-0.39, 0.29) is 17.7 Å². The van der Waals surface area contributed by atoms with Gasteiger partial charge >= 0.3 is 0 Å². The van der Waals surface area contributed by atoms with Crippen molar-refractivity contribution in [2.45, 2.75) is 13.5 Å². The van der Waals surface area contributed by atoms with Gasteiger partial charge in [-0.3, -0.25) is 10.1 Å². The molecule has 0 spiro atoms. The summed E-state index contributed by atoms with van der Waals surface area (Å²) in [7, 11) is 0. The monoisotopic (exact) mass is 310 g/mol. The molecular formula is C17H15FN4O. The van der Waals surface area contributed by atoms with Gasteiger partial charge < -0.3 is 0 Å². The van der Waals surface area contributed by atoms with Crippen LogP contribution in [-0.2, 0) is 6.54 Å². The van der Waals surface area contributed by atoms with Crippen molar-refractivity contribution in [3.05, 3.63) is 77.4 Å². The smallest absolute Gasteiger partial charge is 0.258 e. The highest BCUT2D eigenvalue weighted by Gasteiger charge is 2.09. The van der Waals surface area contributed by atoms with E-state index in [2.05, 4.69) is 15.4 Å². The second-order valence-corrected chi connectivity index (χ2v) is 5.15. The van der Waals surface area contributed by atoms with Gasteiger partial charge in [0, 0.05) is 5.56 Å². The molecule has 1 N–H and O–H groups in total. The van der Waals surface area contributed by atoms with E-state index in [0.29, 0.717) is 12.1 Å². The molecule has 0 saturated carbocycles. The maximum Gasteiger partial charge on any atom is 0.258 e. The Kier molecular flexibility index (Phi) is 4.14. The number of aromatic nitrogens is 3. The lowest BCUT2D eigenvalue weighted by Gasteiger charge is -2.04. The molecular weight excluding hydrogens is 295 g/mol. The number of carbonyl (C=O) groups is 1. The summed E-state index contributed by atoms with van der Waals surface area (Å²) in [6, 6.07) is 13.3. The number of amides is 1. The Morgan fingerprint density at radius 3 is 2.65 bits per heavy atom. The Hall–Kier alpha value is -3.02. The van der Waals surface area contributed by atoms with Crippen LogP contribution < -0.4 is 5.32 Å². The van der Waals surface area contributed by atoms with Gasteiger partial charge in [0.1, 0.15) is 12.1 Å². The second-order valence-electron chi connectivity index (χ2n) is 5.15. The molecule has 0 saturated heterocycles. The van der Waals surface area contributed by atoms with E-state index in [1.807, 2.05) is 31.2 Å². The minimum absolute atomic E-state index is 0.216. The molecule has 3 aromatic rings. The van der Waals surface area contributed by atoms with E-state index in [4.69, 9.17) is 0 Å². The Morgan fingerprint density at radius 2 is 1.91 bits per heavy atom. The van der Waals surface area contributed by atoms with Gasteiger partial charge in [0.05, 0.1) is 6.54 Å². The van der Waals surface area contributed by atoms with Crippen LogP contribution in [0.25, 0.3) is 0 Å². The van der Waals surface area contributed by atoms with Gasteiger partial charge in [0.2, 0.25) is 5.95 Å².